The van der Waals surface area contributed by atoms with Gasteiger partial charge in [-0.05, 0) is 12.1 Å². The Hall–Kier alpha value is -2.29. The summed E-state index contributed by atoms with van der Waals surface area (Å²) in [5.74, 6) is 0.843. The molecule has 0 aliphatic carbocycles. The number of rotatable bonds is 6. The number of nitrogens with one attached hydrogen (secondary N) is 1. The van der Waals surface area contributed by atoms with Crippen LogP contribution in [0.3, 0.4) is 0 Å². The van der Waals surface area contributed by atoms with Crippen LogP contribution in [0.5, 0.6) is 0 Å². The fourth-order valence-electron chi connectivity index (χ4n) is 1.47. The van der Waals surface area contributed by atoms with E-state index < -0.39 is 11.9 Å². The van der Waals surface area contributed by atoms with Crippen molar-refractivity contribution in [1.29, 1.82) is 0 Å². The average Bonchev–Trinajstić information content (AvgIpc) is 3.01. The zero-order valence-corrected chi connectivity index (χ0v) is 11.3. The molecule has 2 aromatic heterocycles. The Morgan fingerprint density at radius 2 is 2.35 bits per heavy atom. The molecule has 3 amide bonds. The summed E-state index contributed by atoms with van der Waals surface area (Å²) in [6, 6.07) is 2.82. The predicted octanol–water partition coefficient (Wildman–Crippen LogP) is 0.596. The van der Waals surface area contributed by atoms with Crippen molar-refractivity contribution in [2.24, 2.45) is 5.73 Å². The molecular weight excluding hydrogens is 282 g/mol. The fraction of sp³-hybridized carbons (Fsp3) is 0.273. The van der Waals surface area contributed by atoms with E-state index in [4.69, 9.17) is 10.2 Å². The van der Waals surface area contributed by atoms with Gasteiger partial charge in [0.05, 0.1) is 12.8 Å². The van der Waals surface area contributed by atoms with E-state index in [9.17, 15) is 9.59 Å². The number of carbonyl (C=O) groups is 2. The molecule has 8 nitrogen and oxygen atoms in total. The standard InChI is InChI=1S/C11H13N5O3S/c12-10(18)14-9(17)3-5-20-11-15-13-7-16(11)6-8-2-1-4-19-8/h1-2,4,7H,3,5-6H2,(H3,12,14,17,18). The lowest BCUT2D eigenvalue weighted by molar-refractivity contribution is -0.119. The van der Waals surface area contributed by atoms with Gasteiger partial charge in [-0.2, -0.15) is 0 Å². The largest absolute Gasteiger partial charge is 0.467 e. The van der Waals surface area contributed by atoms with E-state index in [1.54, 1.807) is 18.7 Å². The molecule has 0 unspecified atom stereocenters. The van der Waals surface area contributed by atoms with Crippen LogP contribution in [0.4, 0.5) is 4.79 Å². The van der Waals surface area contributed by atoms with Gasteiger partial charge in [0.15, 0.2) is 5.16 Å². The van der Waals surface area contributed by atoms with Crippen molar-refractivity contribution < 1.29 is 14.0 Å². The molecule has 0 fully saturated rings. The van der Waals surface area contributed by atoms with E-state index in [1.165, 1.54) is 11.8 Å². The Kier molecular flexibility index (Phi) is 4.77. The normalized spacial score (nSPS) is 10.4. The molecule has 2 rings (SSSR count). The Balaban J connectivity index is 1.83. The second-order valence-corrected chi connectivity index (χ2v) is 4.89. The molecule has 0 radical (unpaired) electrons. The van der Waals surface area contributed by atoms with Gasteiger partial charge in [0.25, 0.3) is 0 Å². The summed E-state index contributed by atoms with van der Waals surface area (Å²) in [4.78, 5) is 21.7. The summed E-state index contributed by atoms with van der Waals surface area (Å²) in [5, 5.41) is 10.5. The van der Waals surface area contributed by atoms with Gasteiger partial charge >= 0.3 is 6.03 Å². The summed E-state index contributed by atoms with van der Waals surface area (Å²) >= 11 is 1.37. The lowest BCUT2D eigenvalue weighted by Gasteiger charge is -2.04. The number of primary amides is 1. The number of nitrogens with two attached hydrogens (primary N) is 1. The van der Waals surface area contributed by atoms with E-state index in [0.717, 1.165) is 5.76 Å². The lowest BCUT2D eigenvalue weighted by Crippen LogP contribution is -2.35. The van der Waals surface area contributed by atoms with Gasteiger partial charge in [-0.15, -0.1) is 10.2 Å². The molecule has 106 valence electrons. The first kappa shape index (κ1) is 14.1. The Morgan fingerprint density at radius 3 is 3.05 bits per heavy atom. The number of imide groups is 1. The maximum atomic E-state index is 11.2. The van der Waals surface area contributed by atoms with E-state index >= 15 is 0 Å². The number of urea groups is 1. The molecule has 2 aromatic rings. The topological polar surface area (TPSA) is 116 Å². The van der Waals surface area contributed by atoms with Crippen molar-refractivity contribution in [3.8, 4) is 0 Å². The monoisotopic (exact) mass is 295 g/mol. The fourth-order valence-corrected chi connectivity index (χ4v) is 2.32. The van der Waals surface area contributed by atoms with E-state index in [0.29, 0.717) is 17.5 Å². The first-order chi connectivity index (χ1) is 9.65. The minimum Gasteiger partial charge on any atom is -0.467 e. The van der Waals surface area contributed by atoms with Crippen LogP contribution in [0.15, 0.2) is 34.3 Å². The molecule has 0 bridgehead atoms. The molecule has 0 aromatic carbocycles. The number of hydrogen-bond donors (Lipinski definition) is 2. The zero-order valence-electron chi connectivity index (χ0n) is 10.5. The molecule has 0 aliphatic heterocycles. The van der Waals surface area contributed by atoms with Crippen LogP contribution in [-0.2, 0) is 11.3 Å². The summed E-state index contributed by atoms with van der Waals surface area (Å²) in [5.41, 5.74) is 4.84. The van der Waals surface area contributed by atoms with Gasteiger partial charge in [-0.3, -0.25) is 10.1 Å². The molecule has 0 spiro atoms. The first-order valence-electron chi connectivity index (χ1n) is 5.77. The quantitative estimate of drug-likeness (QED) is 0.754. The molecule has 2 heterocycles. The molecule has 20 heavy (non-hydrogen) atoms. The van der Waals surface area contributed by atoms with Crippen molar-refractivity contribution >= 4 is 23.7 Å². The van der Waals surface area contributed by atoms with Gasteiger partial charge in [-0.1, -0.05) is 11.8 Å². The molecular formula is C11H13N5O3S. The van der Waals surface area contributed by atoms with Crippen LogP contribution in [0.1, 0.15) is 12.2 Å². The number of amides is 3. The van der Waals surface area contributed by atoms with E-state index in [-0.39, 0.29) is 6.42 Å². The van der Waals surface area contributed by atoms with Gasteiger partial charge in [-0.25, -0.2) is 4.79 Å². The first-order valence-corrected chi connectivity index (χ1v) is 6.76. The van der Waals surface area contributed by atoms with Gasteiger partial charge in [0, 0.05) is 12.2 Å². The minimum absolute atomic E-state index is 0.168. The van der Waals surface area contributed by atoms with Crippen molar-refractivity contribution in [2.75, 3.05) is 5.75 Å². The summed E-state index contributed by atoms with van der Waals surface area (Å²) < 4.78 is 7.06. The lowest BCUT2D eigenvalue weighted by atomic mass is 10.4. The highest BCUT2D eigenvalue weighted by molar-refractivity contribution is 7.99. The van der Waals surface area contributed by atoms with Crippen molar-refractivity contribution in [3.05, 3.63) is 30.5 Å². The van der Waals surface area contributed by atoms with Gasteiger partial charge in [0.2, 0.25) is 5.91 Å². The maximum Gasteiger partial charge on any atom is 0.318 e. The van der Waals surface area contributed by atoms with Gasteiger partial charge < -0.3 is 14.7 Å². The highest BCUT2D eigenvalue weighted by Crippen LogP contribution is 2.17. The second kappa shape index (κ2) is 6.75. The van der Waals surface area contributed by atoms with Crippen LogP contribution in [0, 0.1) is 0 Å². The number of nitrogens with zero attached hydrogens (tertiary/aromatic N) is 3. The van der Waals surface area contributed by atoms with Crippen LogP contribution >= 0.6 is 11.8 Å². The van der Waals surface area contributed by atoms with Crippen molar-refractivity contribution in [3.63, 3.8) is 0 Å². The number of aromatic nitrogens is 3. The Morgan fingerprint density at radius 1 is 1.50 bits per heavy atom. The smallest absolute Gasteiger partial charge is 0.318 e. The van der Waals surface area contributed by atoms with Crippen molar-refractivity contribution in [1.82, 2.24) is 20.1 Å². The van der Waals surface area contributed by atoms with E-state index in [2.05, 4.69) is 10.2 Å². The number of hydrogen-bond acceptors (Lipinski definition) is 6. The SMILES string of the molecule is NC(=O)NC(=O)CCSc1nncn1Cc1ccco1. The number of furan rings is 1. The highest BCUT2D eigenvalue weighted by atomic mass is 32.2. The summed E-state index contributed by atoms with van der Waals surface area (Å²) in [6.07, 6.45) is 3.36. The van der Waals surface area contributed by atoms with Crippen molar-refractivity contribution in [2.45, 2.75) is 18.1 Å². The second-order valence-electron chi connectivity index (χ2n) is 3.83. The molecule has 0 aliphatic rings. The molecule has 3 N–H and O–H groups in total. The van der Waals surface area contributed by atoms with Crippen LogP contribution in [-0.4, -0.2) is 32.5 Å². The van der Waals surface area contributed by atoms with Crippen LogP contribution < -0.4 is 11.1 Å². The van der Waals surface area contributed by atoms with Crippen LogP contribution in [0.25, 0.3) is 0 Å². The molecule has 0 saturated carbocycles. The molecule has 0 atom stereocenters. The zero-order chi connectivity index (χ0) is 14.4. The molecule has 9 heteroatoms. The highest BCUT2D eigenvalue weighted by Gasteiger charge is 2.09. The third-order valence-electron chi connectivity index (χ3n) is 2.31. The minimum atomic E-state index is -0.846. The third kappa shape index (κ3) is 4.12. The number of thioether (sulfide) groups is 1. The molecule has 0 saturated heterocycles. The number of carbonyl (C=O) groups excluding carboxylic acids is 2. The Labute approximate surface area is 118 Å². The van der Waals surface area contributed by atoms with E-state index in [1.807, 2.05) is 16.0 Å². The Bertz CT molecular complexity index is 581. The van der Waals surface area contributed by atoms with Gasteiger partial charge in [0.1, 0.15) is 12.1 Å². The summed E-state index contributed by atoms with van der Waals surface area (Å²) in [7, 11) is 0. The average molecular weight is 295 g/mol. The van der Waals surface area contributed by atoms with Crippen LogP contribution in [0.2, 0.25) is 0 Å². The predicted molar refractivity (Wildman–Crippen MR) is 70.9 cm³/mol. The third-order valence-corrected chi connectivity index (χ3v) is 3.29. The maximum absolute atomic E-state index is 11.2. The summed E-state index contributed by atoms with van der Waals surface area (Å²) in [6.45, 7) is 0.524.